The van der Waals surface area contributed by atoms with Gasteiger partial charge in [-0.05, 0) is 47.7 Å². The highest BCUT2D eigenvalue weighted by Crippen LogP contribution is 2.41. The van der Waals surface area contributed by atoms with Crippen LogP contribution in [0.1, 0.15) is 26.0 Å². The zero-order chi connectivity index (χ0) is 22.4. The van der Waals surface area contributed by atoms with Gasteiger partial charge in [-0.2, -0.15) is 0 Å². The van der Waals surface area contributed by atoms with Crippen molar-refractivity contribution in [2.45, 2.75) is 38.3 Å². The van der Waals surface area contributed by atoms with Crippen LogP contribution in [0, 0.1) is 5.92 Å². The Labute approximate surface area is 184 Å². The van der Waals surface area contributed by atoms with Gasteiger partial charge in [-0.15, -0.1) is 0 Å². The van der Waals surface area contributed by atoms with Crippen LogP contribution in [0.4, 0.5) is 0 Å². The molecule has 1 aliphatic heterocycles. The van der Waals surface area contributed by atoms with Gasteiger partial charge in [-0.1, -0.05) is 26.0 Å². The summed E-state index contributed by atoms with van der Waals surface area (Å²) in [4.78, 5) is 19.5. The molecule has 2 aromatic rings. The van der Waals surface area contributed by atoms with Crippen LogP contribution in [-0.2, 0) is 25.4 Å². The van der Waals surface area contributed by atoms with Crippen LogP contribution >= 0.6 is 0 Å². The van der Waals surface area contributed by atoms with Gasteiger partial charge in [0.25, 0.3) is 5.91 Å². The van der Waals surface area contributed by atoms with E-state index in [0.29, 0.717) is 12.3 Å². The summed E-state index contributed by atoms with van der Waals surface area (Å²) >= 11 is 0. The maximum Gasteiger partial charge on any atom is 0.259 e. The summed E-state index contributed by atoms with van der Waals surface area (Å²) in [7, 11) is 4.80. The molecule has 1 aromatic heterocycles. The van der Waals surface area contributed by atoms with E-state index in [2.05, 4.69) is 18.8 Å². The van der Waals surface area contributed by atoms with Crippen LogP contribution in [0.25, 0.3) is 11.1 Å². The minimum Gasteiger partial charge on any atom is -0.497 e. The summed E-state index contributed by atoms with van der Waals surface area (Å²) in [6.45, 7) is 4.56. The summed E-state index contributed by atoms with van der Waals surface area (Å²) in [6.07, 6.45) is 2.94. The van der Waals surface area contributed by atoms with E-state index in [1.807, 2.05) is 36.4 Å². The lowest BCUT2D eigenvalue weighted by molar-refractivity contribution is -0.235. The lowest BCUT2D eigenvalue weighted by Crippen LogP contribution is -2.76. The van der Waals surface area contributed by atoms with Crippen molar-refractivity contribution in [1.82, 2.24) is 9.88 Å². The first-order chi connectivity index (χ1) is 14.9. The number of benzene rings is 1. The molecule has 0 aliphatic carbocycles. The minimum atomic E-state index is -1.01. The Morgan fingerprint density at radius 2 is 1.81 bits per heavy atom. The third-order valence-electron chi connectivity index (χ3n) is 5.62. The highest BCUT2D eigenvalue weighted by molar-refractivity contribution is 5.93. The van der Waals surface area contributed by atoms with E-state index < -0.39 is 5.60 Å². The van der Waals surface area contributed by atoms with Gasteiger partial charge in [-0.25, -0.2) is 0 Å². The average Bonchev–Trinajstić information content (AvgIpc) is 2.79. The standard InChI is InChI=1S/C24H32N2O5/c1-17(2)12-22-24(31-16-29-4,23(27)26(22)15-28-3)14-20-13-19(10-11-25-20)18-6-8-21(30-5)9-7-18/h6-11,13,17,22H,12,14-16H2,1-5H3/t22-,24+/m0/s1. The van der Waals surface area contributed by atoms with Gasteiger partial charge < -0.3 is 23.8 Å². The Hall–Kier alpha value is -2.48. The quantitative estimate of drug-likeness (QED) is 0.403. The van der Waals surface area contributed by atoms with E-state index in [-0.39, 0.29) is 25.5 Å². The molecule has 1 saturated heterocycles. The number of ether oxygens (including phenoxy) is 4. The Bertz CT molecular complexity index is 871. The summed E-state index contributed by atoms with van der Waals surface area (Å²) in [6, 6.07) is 11.7. The molecule has 0 spiro atoms. The van der Waals surface area contributed by atoms with E-state index in [1.54, 1.807) is 32.4 Å². The smallest absolute Gasteiger partial charge is 0.259 e. The second-order valence-electron chi connectivity index (χ2n) is 8.22. The van der Waals surface area contributed by atoms with Gasteiger partial charge in [0, 0.05) is 32.5 Å². The molecule has 0 N–H and O–H groups in total. The van der Waals surface area contributed by atoms with Crippen molar-refractivity contribution in [3.8, 4) is 16.9 Å². The zero-order valence-corrected chi connectivity index (χ0v) is 19.0. The van der Waals surface area contributed by atoms with Crippen molar-refractivity contribution in [2.24, 2.45) is 5.92 Å². The molecule has 0 saturated carbocycles. The topological polar surface area (TPSA) is 70.1 Å². The zero-order valence-electron chi connectivity index (χ0n) is 19.0. The number of β-lactam (4-membered cyclic amide) rings is 1. The lowest BCUT2D eigenvalue weighted by atomic mass is 9.74. The maximum atomic E-state index is 13.2. The number of hydrogen-bond acceptors (Lipinski definition) is 6. The molecule has 0 unspecified atom stereocenters. The number of hydrogen-bond donors (Lipinski definition) is 0. The van der Waals surface area contributed by atoms with Gasteiger partial charge >= 0.3 is 0 Å². The number of carbonyl (C=O) groups excluding carboxylic acids is 1. The molecule has 2 atom stereocenters. The molecular weight excluding hydrogens is 396 g/mol. The molecule has 7 nitrogen and oxygen atoms in total. The summed E-state index contributed by atoms with van der Waals surface area (Å²) in [5, 5.41) is 0. The summed E-state index contributed by atoms with van der Waals surface area (Å²) in [5.41, 5.74) is 1.86. The molecule has 0 radical (unpaired) electrons. The van der Waals surface area contributed by atoms with Crippen LogP contribution in [0.15, 0.2) is 42.6 Å². The van der Waals surface area contributed by atoms with Crippen LogP contribution in [-0.4, -0.2) is 62.3 Å². The predicted molar refractivity (Wildman–Crippen MR) is 118 cm³/mol. The van der Waals surface area contributed by atoms with Gasteiger partial charge in [0.05, 0.1) is 13.2 Å². The van der Waals surface area contributed by atoms with E-state index in [1.165, 1.54) is 0 Å². The molecule has 2 heterocycles. The van der Waals surface area contributed by atoms with E-state index in [9.17, 15) is 4.79 Å². The SMILES string of the molecule is COCO[C@@]1(Cc2cc(-c3ccc(OC)cc3)ccn2)C(=O)N(COC)[C@H]1CC(C)C. The Kier molecular flexibility index (Phi) is 7.64. The maximum absolute atomic E-state index is 13.2. The van der Waals surface area contributed by atoms with Crippen molar-refractivity contribution in [2.75, 3.05) is 34.9 Å². The van der Waals surface area contributed by atoms with Gasteiger partial charge in [0.15, 0.2) is 5.60 Å². The molecule has 1 aromatic carbocycles. The average molecular weight is 429 g/mol. The normalized spacial score (nSPS) is 20.8. The Balaban J connectivity index is 1.90. The van der Waals surface area contributed by atoms with Gasteiger partial charge in [0.2, 0.25) is 0 Å². The van der Waals surface area contributed by atoms with Crippen molar-refractivity contribution < 1.29 is 23.7 Å². The number of pyridine rings is 1. The van der Waals surface area contributed by atoms with Crippen molar-refractivity contribution in [3.05, 3.63) is 48.3 Å². The van der Waals surface area contributed by atoms with E-state index in [0.717, 1.165) is 29.0 Å². The summed E-state index contributed by atoms with van der Waals surface area (Å²) < 4.78 is 21.7. The predicted octanol–water partition coefficient (Wildman–Crippen LogP) is 3.52. The number of aromatic nitrogens is 1. The second-order valence-corrected chi connectivity index (χ2v) is 8.22. The van der Waals surface area contributed by atoms with E-state index in [4.69, 9.17) is 18.9 Å². The molecule has 7 heteroatoms. The molecule has 168 valence electrons. The second kappa shape index (κ2) is 10.2. The fourth-order valence-corrected chi connectivity index (χ4v) is 4.14. The largest absolute Gasteiger partial charge is 0.497 e. The Morgan fingerprint density at radius 1 is 1.06 bits per heavy atom. The fraction of sp³-hybridized carbons (Fsp3) is 0.500. The van der Waals surface area contributed by atoms with Crippen molar-refractivity contribution >= 4 is 5.91 Å². The van der Waals surface area contributed by atoms with Crippen molar-refractivity contribution in [1.29, 1.82) is 0 Å². The van der Waals surface area contributed by atoms with Crippen LogP contribution < -0.4 is 4.74 Å². The highest BCUT2D eigenvalue weighted by atomic mass is 16.7. The first-order valence-corrected chi connectivity index (χ1v) is 10.5. The lowest BCUT2D eigenvalue weighted by Gasteiger charge is -2.55. The molecule has 1 aliphatic rings. The molecule has 1 amide bonds. The first kappa shape index (κ1) is 23.2. The fourth-order valence-electron chi connectivity index (χ4n) is 4.14. The number of carbonyl (C=O) groups is 1. The highest BCUT2D eigenvalue weighted by Gasteiger charge is 2.61. The number of likely N-dealkylation sites (tertiary alicyclic amines) is 1. The number of amides is 1. The molecule has 31 heavy (non-hydrogen) atoms. The Morgan fingerprint density at radius 3 is 2.42 bits per heavy atom. The van der Waals surface area contributed by atoms with Gasteiger partial charge in [-0.3, -0.25) is 9.78 Å². The van der Waals surface area contributed by atoms with Gasteiger partial charge in [0.1, 0.15) is 19.3 Å². The number of rotatable bonds is 11. The third kappa shape index (κ3) is 4.89. The molecule has 0 bridgehead atoms. The number of methoxy groups -OCH3 is 3. The first-order valence-electron chi connectivity index (χ1n) is 10.5. The monoisotopic (exact) mass is 428 g/mol. The molecule has 3 rings (SSSR count). The van der Waals surface area contributed by atoms with Crippen LogP contribution in [0.2, 0.25) is 0 Å². The van der Waals surface area contributed by atoms with E-state index >= 15 is 0 Å². The summed E-state index contributed by atoms with van der Waals surface area (Å²) in [5.74, 6) is 1.11. The molecule has 1 fully saturated rings. The minimum absolute atomic E-state index is 0.0410. The molecular formula is C24H32N2O5. The van der Waals surface area contributed by atoms with Crippen LogP contribution in [0.3, 0.4) is 0 Å². The number of nitrogens with zero attached hydrogens (tertiary/aromatic N) is 2. The van der Waals surface area contributed by atoms with Crippen LogP contribution in [0.5, 0.6) is 5.75 Å². The van der Waals surface area contributed by atoms with Crippen molar-refractivity contribution in [3.63, 3.8) is 0 Å². The third-order valence-corrected chi connectivity index (χ3v) is 5.62.